The van der Waals surface area contributed by atoms with Gasteiger partial charge in [-0.05, 0) is 39.0 Å². The number of hydrogen-bond donors (Lipinski definition) is 2. The first-order chi connectivity index (χ1) is 8.78. The lowest BCUT2D eigenvalue weighted by molar-refractivity contribution is 0.0601. The summed E-state index contributed by atoms with van der Waals surface area (Å²) in [6.07, 6.45) is 0. The van der Waals surface area contributed by atoms with Gasteiger partial charge in [0.1, 0.15) is 0 Å². The van der Waals surface area contributed by atoms with Crippen LogP contribution in [-0.4, -0.2) is 36.9 Å². The van der Waals surface area contributed by atoms with Crippen LogP contribution < -0.4 is 10.6 Å². The van der Waals surface area contributed by atoms with Crippen LogP contribution in [-0.2, 0) is 4.74 Å². The monoisotopic (exact) mass is 266 g/mol. The van der Waals surface area contributed by atoms with Gasteiger partial charge in [0.2, 0.25) is 0 Å². The van der Waals surface area contributed by atoms with E-state index in [0.717, 1.165) is 5.69 Å². The average molecular weight is 266 g/mol. The summed E-state index contributed by atoms with van der Waals surface area (Å²) < 4.78 is 4.70. The molecule has 0 unspecified atom stereocenters. The molecule has 106 valence electrons. The third-order valence-corrected chi connectivity index (χ3v) is 2.75. The number of rotatable bonds is 5. The van der Waals surface area contributed by atoms with Crippen LogP contribution in [0.15, 0.2) is 18.2 Å². The maximum atomic E-state index is 11.5. The van der Waals surface area contributed by atoms with Crippen LogP contribution in [0, 0.1) is 0 Å². The van der Waals surface area contributed by atoms with E-state index in [-0.39, 0.29) is 0 Å². The smallest absolute Gasteiger partial charge is 0.337 e. The zero-order chi connectivity index (χ0) is 14.6. The van der Waals surface area contributed by atoms with Crippen molar-refractivity contribution in [1.82, 2.24) is 0 Å². The Labute approximate surface area is 114 Å². The molecule has 1 aromatic carbocycles. The normalized spacial score (nSPS) is 11.2. The van der Waals surface area contributed by atoms with Crippen molar-refractivity contribution in [3.8, 4) is 0 Å². The maximum absolute atomic E-state index is 11.5. The average Bonchev–Trinajstić information content (AvgIpc) is 2.34. The van der Waals surface area contributed by atoms with Crippen LogP contribution in [0.4, 0.5) is 11.4 Å². The summed E-state index contributed by atoms with van der Waals surface area (Å²) in [5.41, 5.74) is 6.85. The molecule has 0 atom stereocenters. The molecule has 0 aliphatic heterocycles. The second-order valence-electron chi connectivity index (χ2n) is 5.09. The maximum Gasteiger partial charge on any atom is 0.337 e. The molecule has 3 N–H and O–H groups in total. The molecule has 0 radical (unpaired) electrons. The van der Waals surface area contributed by atoms with Gasteiger partial charge in [-0.3, -0.25) is 0 Å². The number of anilines is 2. The topological polar surface area (TPSA) is 75.8 Å². The lowest BCUT2D eigenvalue weighted by Crippen LogP contribution is -2.39. The second-order valence-corrected chi connectivity index (χ2v) is 5.09. The van der Waals surface area contributed by atoms with Crippen molar-refractivity contribution < 1.29 is 14.6 Å². The van der Waals surface area contributed by atoms with Gasteiger partial charge in [-0.25, -0.2) is 4.79 Å². The quantitative estimate of drug-likeness (QED) is 0.626. The summed E-state index contributed by atoms with van der Waals surface area (Å²) in [5, 5.41) is 9.92. The van der Waals surface area contributed by atoms with Crippen molar-refractivity contribution in [2.45, 2.75) is 26.4 Å². The Kier molecular flexibility index (Phi) is 4.78. The molecular weight excluding hydrogens is 244 g/mol. The lowest BCUT2D eigenvalue weighted by atomic mass is 10.1. The highest BCUT2D eigenvalue weighted by atomic mass is 16.5. The summed E-state index contributed by atoms with van der Waals surface area (Å²) >= 11 is 0. The highest BCUT2D eigenvalue weighted by Crippen LogP contribution is 2.26. The molecule has 0 aliphatic carbocycles. The van der Waals surface area contributed by atoms with Crippen molar-refractivity contribution >= 4 is 17.3 Å². The number of aliphatic hydroxyl groups is 1. The third-order valence-electron chi connectivity index (χ3n) is 2.75. The molecule has 1 rings (SSSR count). The Morgan fingerprint density at radius 2 is 2.11 bits per heavy atom. The Hall–Kier alpha value is -1.75. The molecule has 0 spiro atoms. The first kappa shape index (κ1) is 15.3. The minimum Gasteiger partial charge on any atom is -0.465 e. The van der Waals surface area contributed by atoms with Gasteiger partial charge in [-0.2, -0.15) is 0 Å². The summed E-state index contributed by atoms with van der Waals surface area (Å²) in [6, 6.07) is 4.99. The number of methoxy groups -OCH3 is 1. The molecule has 0 heterocycles. The van der Waals surface area contributed by atoms with E-state index in [1.165, 1.54) is 7.11 Å². The first-order valence-electron chi connectivity index (χ1n) is 6.23. The summed E-state index contributed by atoms with van der Waals surface area (Å²) in [5.74, 6) is -0.402. The van der Waals surface area contributed by atoms with E-state index >= 15 is 0 Å². The minimum atomic E-state index is -0.844. The Morgan fingerprint density at radius 1 is 1.47 bits per heavy atom. The molecule has 0 aromatic heterocycles. The van der Waals surface area contributed by atoms with Crippen LogP contribution in [0.1, 0.15) is 31.1 Å². The van der Waals surface area contributed by atoms with E-state index < -0.39 is 11.6 Å². The zero-order valence-corrected chi connectivity index (χ0v) is 11.9. The van der Waals surface area contributed by atoms with Crippen molar-refractivity contribution in [3.05, 3.63) is 23.8 Å². The molecule has 0 aliphatic rings. The van der Waals surface area contributed by atoms with Crippen LogP contribution in [0.5, 0.6) is 0 Å². The molecule has 0 bridgehead atoms. The molecule has 0 saturated heterocycles. The van der Waals surface area contributed by atoms with Gasteiger partial charge in [0.15, 0.2) is 0 Å². The SMILES string of the molecule is CCN(CC(C)(C)O)c1cc(C(=O)OC)ccc1N. The zero-order valence-electron chi connectivity index (χ0n) is 11.9. The van der Waals surface area contributed by atoms with E-state index in [2.05, 4.69) is 0 Å². The number of likely N-dealkylation sites (N-methyl/N-ethyl adjacent to an activating group) is 1. The summed E-state index contributed by atoms with van der Waals surface area (Å²) in [6.45, 7) is 6.54. The molecular formula is C14H22N2O3. The number of nitrogens with two attached hydrogens (primary N) is 1. The number of carbonyl (C=O) groups excluding carboxylic acids is 1. The highest BCUT2D eigenvalue weighted by molar-refractivity contribution is 5.92. The van der Waals surface area contributed by atoms with Crippen LogP contribution >= 0.6 is 0 Å². The van der Waals surface area contributed by atoms with Crippen molar-refractivity contribution in [3.63, 3.8) is 0 Å². The van der Waals surface area contributed by atoms with Crippen molar-refractivity contribution in [2.75, 3.05) is 30.8 Å². The van der Waals surface area contributed by atoms with Gasteiger partial charge in [0.25, 0.3) is 0 Å². The van der Waals surface area contributed by atoms with E-state index in [1.54, 1.807) is 32.0 Å². The van der Waals surface area contributed by atoms with Crippen molar-refractivity contribution in [2.24, 2.45) is 0 Å². The highest BCUT2D eigenvalue weighted by Gasteiger charge is 2.20. The van der Waals surface area contributed by atoms with E-state index in [0.29, 0.717) is 24.3 Å². The second kappa shape index (κ2) is 5.93. The summed E-state index contributed by atoms with van der Waals surface area (Å²) in [4.78, 5) is 13.5. The fraction of sp³-hybridized carbons (Fsp3) is 0.500. The van der Waals surface area contributed by atoms with Gasteiger partial charge in [0.05, 0.1) is 29.6 Å². The molecule has 0 saturated carbocycles. The fourth-order valence-electron chi connectivity index (χ4n) is 1.90. The van der Waals surface area contributed by atoms with E-state index in [4.69, 9.17) is 10.5 Å². The fourth-order valence-corrected chi connectivity index (χ4v) is 1.90. The van der Waals surface area contributed by atoms with Gasteiger partial charge < -0.3 is 20.5 Å². The molecule has 19 heavy (non-hydrogen) atoms. The van der Waals surface area contributed by atoms with Gasteiger partial charge in [-0.15, -0.1) is 0 Å². The molecule has 0 amide bonds. The summed E-state index contributed by atoms with van der Waals surface area (Å²) in [7, 11) is 1.34. The predicted octanol–water partition coefficient (Wildman–Crippen LogP) is 1.65. The third kappa shape index (κ3) is 4.13. The van der Waals surface area contributed by atoms with Crippen LogP contribution in [0.2, 0.25) is 0 Å². The van der Waals surface area contributed by atoms with Crippen LogP contribution in [0.3, 0.4) is 0 Å². The molecule has 5 heteroatoms. The van der Waals surface area contributed by atoms with Crippen LogP contribution in [0.25, 0.3) is 0 Å². The van der Waals surface area contributed by atoms with Crippen molar-refractivity contribution in [1.29, 1.82) is 0 Å². The number of nitrogen functional groups attached to an aromatic ring is 1. The number of nitrogens with zero attached hydrogens (tertiary/aromatic N) is 1. The number of ether oxygens (including phenoxy) is 1. The Balaban J connectivity index is 3.12. The molecule has 0 fully saturated rings. The van der Waals surface area contributed by atoms with E-state index in [1.807, 2.05) is 11.8 Å². The number of esters is 1. The minimum absolute atomic E-state index is 0.402. The Bertz CT molecular complexity index is 452. The lowest BCUT2D eigenvalue weighted by Gasteiger charge is -2.31. The van der Waals surface area contributed by atoms with E-state index in [9.17, 15) is 9.90 Å². The standard InChI is InChI=1S/C14H22N2O3/c1-5-16(9-14(2,3)18)12-8-10(13(17)19-4)6-7-11(12)15/h6-8,18H,5,9,15H2,1-4H3. The predicted molar refractivity (Wildman–Crippen MR) is 76.4 cm³/mol. The molecule has 5 nitrogen and oxygen atoms in total. The number of benzene rings is 1. The number of hydrogen-bond acceptors (Lipinski definition) is 5. The van der Waals surface area contributed by atoms with Gasteiger partial charge in [-0.1, -0.05) is 0 Å². The first-order valence-corrected chi connectivity index (χ1v) is 6.23. The number of carbonyl (C=O) groups is 1. The molecule has 1 aromatic rings. The van der Waals surface area contributed by atoms with Gasteiger partial charge in [0, 0.05) is 13.1 Å². The largest absolute Gasteiger partial charge is 0.465 e. The Morgan fingerprint density at radius 3 is 2.58 bits per heavy atom. The van der Waals surface area contributed by atoms with Gasteiger partial charge >= 0.3 is 5.97 Å².